The van der Waals surface area contributed by atoms with Gasteiger partial charge >= 0.3 is 5.97 Å². The van der Waals surface area contributed by atoms with Crippen LogP contribution >= 0.6 is 0 Å². The normalized spacial score (nSPS) is 11.8. The maximum atomic E-state index is 12.1. The Kier molecular flexibility index (Phi) is 3.37. The average molecular weight is 261 g/mol. The number of fused-ring (bicyclic) bond motifs is 1. The molecule has 0 amide bonds. The minimum Gasteiger partial charge on any atom is -0.358 e. The van der Waals surface area contributed by atoms with Crippen LogP contribution in [-0.4, -0.2) is 16.6 Å². The number of H-pyrrole nitrogens is 1. The van der Waals surface area contributed by atoms with E-state index in [9.17, 15) is 4.79 Å². The molecule has 0 spiro atoms. The Hall–Kier alpha value is -1.81. The van der Waals surface area contributed by atoms with E-state index in [1.54, 1.807) is 0 Å². The Morgan fingerprint density at radius 3 is 2.53 bits per heavy atom. The van der Waals surface area contributed by atoms with Crippen LogP contribution < -0.4 is 0 Å². The van der Waals surface area contributed by atoms with Crippen LogP contribution in [0.5, 0.6) is 0 Å². The van der Waals surface area contributed by atoms with Crippen LogP contribution in [0.1, 0.15) is 42.4 Å². The molecule has 0 aliphatic carbocycles. The topological polar surface area (TPSA) is 51.3 Å². The third-order valence-corrected chi connectivity index (χ3v) is 2.71. The van der Waals surface area contributed by atoms with Crippen molar-refractivity contribution in [3.8, 4) is 0 Å². The van der Waals surface area contributed by atoms with Crippen molar-refractivity contribution in [2.24, 2.45) is 0 Å². The fourth-order valence-electron chi connectivity index (χ4n) is 1.91. The highest BCUT2D eigenvalue weighted by molar-refractivity contribution is 6.05. The van der Waals surface area contributed by atoms with Crippen molar-refractivity contribution in [1.82, 2.24) is 4.98 Å². The minimum atomic E-state index is -0.522. The third kappa shape index (κ3) is 2.96. The first-order chi connectivity index (χ1) is 8.78. The molecule has 0 saturated heterocycles. The first-order valence-corrected chi connectivity index (χ1v) is 6.27. The smallest absolute Gasteiger partial charge is 0.358 e. The SMILES string of the molecule is Cc1ccc2c(C(=O)OOC(C)(C)C)c(C)[nH]c2c1. The fourth-order valence-corrected chi connectivity index (χ4v) is 1.91. The second-order valence-electron chi connectivity index (χ2n) is 5.74. The number of hydrogen-bond donors (Lipinski definition) is 1. The highest BCUT2D eigenvalue weighted by Crippen LogP contribution is 2.24. The number of carbonyl (C=O) groups is 1. The highest BCUT2D eigenvalue weighted by atomic mass is 17.2. The van der Waals surface area contributed by atoms with Crippen LogP contribution in [-0.2, 0) is 9.78 Å². The van der Waals surface area contributed by atoms with E-state index in [1.807, 2.05) is 52.8 Å². The van der Waals surface area contributed by atoms with Gasteiger partial charge in [0, 0.05) is 16.6 Å². The zero-order valence-electron chi connectivity index (χ0n) is 12.0. The molecule has 1 N–H and O–H groups in total. The number of nitrogens with one attached hydrogen (secondary N) is 1. The van der Waals surface area contributed by atoms with Gasteiger partial charge in [0.05, 0.1) is 5.56 Å². The van der Waals surface area contributed by atoms with Crippen molar-refractivity contribution >= 4 is 16.9 Å². The standard InChI is InChI=1S/C15H19NO3/c1-9-6-7-11-12(8-9)16-10(2)13(11)14(17)18-19-15(3,4)5/h6-8,16H,1-5H3. The van der Waals surface area contributed by atoms with Gasteiger partial charge in [-0.25, -0.2) is 4.79 Å². The second kappa shape index (κ2) is 4.70. The quantitative estimate of drug-likeness (QED) is 0.663. The Morgan fingerprint density at radius 2 is 1.89 bits per heavy atom. The predicted molar refractivity (Wildman–Crippen MR) is 74.0 cm³/mol. The molecule has 0 fully saturated rings. The zero-order valence-corrected chi connectivity index (χ0v) is 12.0. The van der Waals surface area contributed by atoms with Gasteiger partial charge in [-0.2, -0.15) is 4.89 Å². The molecule has 102 valence electrons. The van der Waals surface area contributed by atoms with E-state index < -0.39 is 11.6 Å². The molecule has 1 aromatic heterocycles. The van der Waals surface area contributed by atoms with Gasteiger partial charge in [-0.3, -0.25) is 4.89 Å². The van der Waals surface area contributed by atoms with Crippen LogP contribution in [0.2, 0.25) is 0 Å². The summed E-state index contributed by atoms with van der Waals surface area (Å²) in [6.45, 7) is 9.34. The molecule has 0 radical (unpaired) electrons. The van der Waals surface area contributed by atoms with E-state index >= 15 is 0 Å². The largest absolute Gasteiger partial charge is 0.375 e. The molecule has 0 atom stereocenters. The van der Waals surface area contributed by atoms with Gasteiger partial charge in [-0.1, -0.05) is 12.1 Å². The molecule has 4 nitrogen and oxygen atoms in total. The zero-order chi connectivity index (χ0) is 14.2. The van der Waals surface area contributed by atoms with E-state index in [4.69, 9.17) is 9.78 Å². The summed E-state index contributed by atoms with van der Waals surface area (Å²) in [5.41, 5.74) is 2.86. The van der Waals surface area contributed by atoms with Gasteiger partial charge < -0.3 is 4.98 Å². The molecular formula is C15H19NO3. The van der Waals surface area contributed by atoms with E-state index in [0.717, 1.165) is 22.2 Å². The maximum Gasteiger partial charge on any atom is 0.375 e. The lowest BCUT2D eigenvalue weighted by atomic mass is 10.1. The molecule has 1 aromatic carbocycles. The number of aryl methyl sites for hydroxylation is 2. The van der Waals surface area contributed by atoms with Gasteiger partial charge in [0.15, 0.2) is 0 Å². The maximum absolute atomic E-state index is 12.1. The molecule has 0 unspecified atom stereocenters. The Labute approximate surface area is 112 Å². The Bertz CT molecular complexity index is 620. The second-order valence-corrected chi connectivity index (χ2v) is 5.74. The van der Waals surface area contributed by atoms with Gasteiger partial charge in [-0.15, -0.1) is 0 Å². The van der Waals surface area contributed by atoms with Crippen molar-refractivity contribution in [2.75, 3.05) is 0 Å². The van der Waals surface area contributed by atoms with Gasteiger partial charge in [0.2, 0.25) is 0 Å². The minimum absolute atomic E-state index is 0.470. The lowest BCUT2D eigenvalue weighted by Crippen LogP contribution is -2.22. The van der Waals surface area contributed by atoms with Crippen LogP contribution in [0.3, 0.4) is 0 Å². The average Bonchev–Trinajstić information content (AvgIpc) is 2.60. The first-order valence-electron chi connectivity index (χ1n) is 6.27. The van der Waals surface area contributed by atoms with Crippen molar-refractivity contribution in [3.63, 3.8) is 0 Å². The summed E-state index contributed by atoms with van der Waals surface area (Å²) in [4.78, 5) is 25.3. The molecule has 2 rings (SSSR count). The number of rotatable bonds is 2. The van der Waals surface area contributed by atoms with Gasteiger partial charge in [0.25, 0.3) is 0 Å². The van der Waals surface area contributed by atoms with Gasteiger partial charge in [0.1, 0.15) is 5.60 Å². The molecule has 1 heterocycles. The number of aromatic nitrogens is 1. The molecule has 2 aromatic rings. The van der Waals surface area contributed by atoms with E-state index in [1.165, 1.54) is 0 Å². The van der Waals surface area contributed by atoms with Crippen molar-refractivity contribution in [1.29, 1.82) is 0 Å². The van der Waals surface area contributed by atoms with E-state index in [-0.39, 0.29) is 0 Å². The monoisotopic (exact) mass is 261 g/mol. The summed E-state index contributed by atoms with van der Waals surface area (Å²) < 4.78 is 0. The van der Waals surface area contributed by atoms with Crippen molar-refractivity contribution in [3.05, 3.63) is 35.0 Å². The molecule has 0 bridgehead atoms. The highest BCUT2D eigenvalue weighted by Gasteiger charge is 2.21. The lowest BCUT2D eigenvalue weighted by Gasteiger charge is -2.16. The van der Waals surface area contributed by atoms with Crippen LogP contribution in [0.25, 0.3) is 10.9 Å². The van der Waals surface area contributed by atoms with E-state index in [0.29, 0.717) is 5.56 Å². The fraction of sp³-hybridized carbons (Fsp3) is 0.400. The molecule has 0 aliphatic heterocycles. The van der Waals surface area contributed by atoms with Crippen LogP contribution in [0.15, 0.2) is 18.2 Å². The summed E-state index contributed by atoms with van der Waals surface area (Å²) in [7, 11) is 0. The summed E-state index contributed by atoms with van der Waals surface area (Å²) in [6, 6.07) is 5.89. The number of aromatic amines is 1. The summed E-state index contributed by atoms with van der Waals surface area (Å²) in [5.74, 6) is -0.470. The predicted octanol–water partition coefficient (Wildman–Crippen LogP) is 3.67. The summed E-state index contributed by atoms with van der Waals surface area (Å²) in [5, 5.41) is 0.852. The Morgan fingerprint density at radius 1 is 1.21 bits per heavy atom. The molecule has 0 saturated carbocycles. The third-order valence-electron chi connectivity index (χ3n) is 2.71. The van der Waals surface area contributed by atoms with Gasteiger partial charge in [-0.05, 0) is 46.2 Å². The molecular weight excluding hydrogens is 242 g/mol. The van der Waals surface area contributed by atoms with E-state index in [2.05, 4.69) is 4.98 Å². The number of hydrogen-bond acceptors (Lipinski definition) is 3. The van der Waals surface area contributed by atoms with Crippen LogP contribution in [0, 0.1) is 13.8 Å². The van der Waals surface area contributed by atoms with Crippen molar-refractivity contribution in [2.45, 2.75) is 40.2 Å². The first kappa shape index (κ1) is 13.6. The molecule has 19 heavy (non-hydrogen) atoms. The summed E-state index contributed by atoms with van der Waals surface area (Å²) in [6.07, 6.45) is 0. The van der Waals surface area contributed by atoms with Crippen molar-refractivity contribution < 1.29 is 14.6 Å². The number of carbonyl (C=O) groups excluding carboxylic acids is 1. The molecule has 0 aliphatic rings. The Balaban J connectivity index is 2.34. The van der Waals surface area contributed by atoms with Crippen LogP contribution in [0.4, 0.5) is 0 Å². The number of benzene rings is 1. The lowest BCUT2D eigenvalue weighted by molar-refractivity contribution is -0.301. The molecule has 4 heteroatoms. The summed E-state index contributed by atoms with van der Waals surface area (Å²) >= 11 is 0.